The molecule has 84 heavy (non-hydrogen) atoms. The standard InChI is InChI=1S/C55H102N7O18P3S/c1-4-5-6-7-8-9-10-11-12-13-14-15-16-17-18-19-20-21-22-23-24-25-26-27-28-29-30-31-32-33-43(63)38-46(65)84-37-36-57-45(64)34-35-58-53(68)50(67)55(2,3)40-77-83(74,75)80-82(72,73)76-39-44-49(79-81(69,70)71)48(66)54(78-44)62-42-61-47-51(56)59-41-60-52(47)62/h41-44,48-50,54,63,66-67H,4-40H2,1-3H3,(H,57,64)(H,58,68)(H,72,73)(H,74,75)(H2,56,59,60)(H2,69,70,71)/p-4/t43-,44-,48-,49-,50+,54-/m1/s1. The Bertz CT molecular complexity index is 2320. The third-order valence-corrected chi connectivity index (χ3v) is 18.7. The maximum absolute atomic E-state index is 12.7. The molecule has 1 saturated heterocycles. The van der Waals surface area contributed by atoms with Gasteiger partial charge >= 0.3 is 0 Å². The molecular formula is C55H98N7O18P3S-4. The number of rotatable bonds is 51. The summed E-state index contributed by atoms with van der Waals surface area (Å²) in [4.78, 5) is 97.4. The molecule has 0 saturated carbocycles. The highest BCUT2D eigenvalue weighted by molar-refractivity contribution is 8.13. The van der Waals surface area contributed by atoms with Crippen LogP contribution in [0, 0.1) is 5.41 Å². The molecular weight excluding hydrogens is 1170 g/mol. The molecule has 2 aromatic rings. The topological polar surface area (TPSA) is 395 Å². The predicted molar refractivity (Wildman–Crippen MR) is 313 cm³/mol. The zero-order valence-electron chi connectivity index (χ0n) is 49.9. The molecule has 3 heterocycles. The Morgan fingerprint density at radius 1 is 0.726 bits per heavy atom. The molecule has 3 rings (SSSR count). The van der Waals surface area contributed by atoms with Crippen molar-refractivity contribution in [3.05, 3.63) is 12.7 Å². The van der Waals surface area contributed by atoms with E-state index in [2.05, 4.69) is 50.4 Å². The van der Waals surface area contributed by atoms with Crippen LogP contribution in [0.25, 0.3) is 11.2 Å². The highest BCUT2D eigenvalue weighted by Crippen LogP contribution is 2.56. The molecule has 486 valence electrons. The van der Waals surface area contributed by atoms with Gasteiger partial charge in [-0.1, -0.05) is 219 Å². The number of ether oxygens (including phenoxy) is 1. The minimum absolute atomic E-state index is 0.0184. The van der Waals surface area contributed by atoms with Crippen molar-refractivity contribution in [1.82, 2.24) is 30.2 Å². The molecule has 1 aliphatic rings. The van der Waals surface area contributed by atoms with E-state index >= 15 is 0 Å². The molecule has 0 radical (unpaired) electrons. The van der Waals surface area contributed by atoms with E-state index in [1.807, 2.05) is 0 Å². The van der Waals surface area contributed by atoms with Crippen molar-refractivity contribution in [1.29, 1.82) is 0 Å². The molecule has 0 spiro atoms. The number of nitrogens with one attached hydrogen (secondary N) is 2. The molecule has 2 aromatic heterocycles. The minimum atomic E-state index is -5.94. The normalized spacial score (nSPS) is 18.8. The van der Waals surface area contributed by atoms with E-state index in [0.717, 1.165) is 48.2 Å². The van der Waals surface area contributed by atoms with Crippen molar-refractivity contribution in [3.63, 3.8) is 0 Å². The van der Waals surface area contributed by atoms with Crippen LogP contribution in [0.4, 0.5) is 5.82 Å². The molecule has 2 amide bonds. The van der Waals surface area contributed by atoms with Gasteiger partial charge in [0, 0.05) is 37.1 Å². The predicted octanol–water partition coefficient (Wildman–Crippen LogP) is 7.61. The summed E-state index contributed by atoms with van der Waals surface area (Å²) in [7, 11) is -17.7. The summed E-state index contributed by atoms with van der Waals surface area (Å²) in [5, 5.41) is 36.7. The number of nitrogens with zero attached hydrogens (tertiary/aromatic N) is 4. The molecule has 1 aliphatic heterocycles. The lowest BCUT2D eigenvalue weighted by atomic mass is 9.87. The number of fused-ring (bicyclic) bond motifs is 1. The van der Waals surface area contributed by atoms with Crippen molar-refractivity contribution in [2.75, 3.05) is 37.8 Å². The van der Waals surface area contributed by atoms with Crippen LogP contribution in [0.3, 0.4) is 0 Å². The maximum Gasteiger partial charge on any atom is 0.274 e. The van der Waals surface area contributed by atoms with Crippen molar-refractivity contribution in [2.45, 2.75) is 263 Å². The third kappa shape index (κ3) is 32.7. The van der Waals surface area contributed by atoms with Gasteiger partial charge in [0.05, 0.1) is 33.5 Å². The van der Waals surface area contributed by atoms with Gasteiger partial charge in [0.2, 0.25) is 11.8 Å². The molecule has 7 N–H and O–H groups in total. The molecule has 0 bridgehead atoms. The highest BCUT2D eigenvalue weighted by Gasteiger charge is 2.47. The Kier molecular flexibility index (Phi) is 37.6. The van der Waals surface area contributed by atoms with Gasteiger partial charge in [-0.2, -0.15) is 0 Å². The Balaban J connectivity index is 1.14. The number of hydrogen-bond acceptors (Lipinski definition) is 23. The highest BCUT2D eigenvalue weighted by atomic mass is 32.2. The number of imidazole rings is 1. The largest absolute Gasteiger partial charge is 0.790 e. The van der Waals surface area contributed by atoms with Gasteiger partial charge < -0.3 is 74.1 Å². The maximum atomic E-state index is 12.7. The second-order valence-electron chi connectivity index (χ2n) is 22.7. The van der Waals surface area contributed by atoms with Crippen LogP contribution in [0.15, 0.2) is 12.7 Å². The van der Waals surface area contributed by atoms with Gasteiger partial charge in [0.25, 0.3) is 15.6 Å². The third-order valence-electron chi connectivity index (χ3n) is 14.8. The number of phosphoric ester groups is 3. The van der Waals surface area contributed by atoms with E-state index in [9.17, 15) is 63.0 Å². The van der Waals surface area contributed by atoms with Crippen molar-refractivity contribution >= 4 is 69.1 Å². The zero-order valence-corrected chi connectivity index (χ0v) is 53.4. The zero-order chi connectivity index (χ0) is 61.9. The summed E-state index contributed by atoms with van der Waals surface area (Å²) in [6.45, 7) is 2.30. The van der Waals surface area contributed by atoms with Gasteiger partial charge in [0.15, 0.2) is 22.8 Å². The van der Waals surface area contributed by atoms with E-state index < -0.39 is 90.7 Å². The fourth-order valence-electron chi connectivity index (χ4n) is 9.85. The number of thioether (sulfide) groups is 1. The van der Waals surface area contributed by atoms with Gasteiger partial charge in [-0.05, 0) is 6.42 Å². The number of nitrogens with two attached hydrogens (primary N) is 1. The number of phosphoric acid groups is 3. The van der Waals surface area contributed by atoms with Gasteiger partial charge in [0.1, 0.15) is 36.3 Å². The molecule has 0 aromatic carbocycles. The van der Waals surface area contributed by atoms with Crippen LogP contribution in [0.5, 0.6) is 0 Å². The fraction of sp³-hybridized carbons (Fsp3) is 0.855. The first kappa shape index (κ1) is 75.8. The average Bonchev–Trinajstić information content (AvgIpc) is 2.09. The molecule has 8 atom stereocenters. The number of anilines is 1. The summed E-state index contributed by atoms with van der Waals surface area (Å²) in [6, 6.07) is 0. The molecule has 29 heteroatoms. The summed E-state index contributed by atoms with van der Waals surface area (Å²) >= 11 is 0.998. The number of unbranched alkanes of at least 4 members (excludes halogenated alkanes) is 28. The van der Waals surface area contributed by atoms with Crippen LogP contribution >= 0.6 is 35.2 Å². The van der Waals surface area contributed by atoms with Crippen molar-refractivity contribution in [2.24, 2.45) is 5.41 Å². The second kappa shape index (κ2) is 41.7. The quantitative estimate of drug-likeness (QED) is 0.0274. The van der Waals surface area contributed by atoms with Crippen molar-refractivity contribution in [3.8, 4) is 0 Å². The summed E-state index contributed by atoms with van der Waals surface area (Å²) in [5.74, 6) is -1.32. The minimum Gasteiger partial charge on any atom is -0.790 e. The number of nitrogen functional groups attached to an aromatic ring is 1. The number of aliphatic hydroxyl groups excluding tert-OH is 3. The van der Waals surface area contributed by atoms with E-state index in [0.29, 0.717) is 6.42 Å². The number of aliphatic hydroxyl groups is 3. The van der Waals surface area contributed by atoms with Crippen molar-refractivity contribution < 1.29 is 85.6 Å². The summed E-state index contributed by atoms with van der Waals surface area (Å²) in [5.41, 5.74) is 4.08. The Morgan fingerprint density at radius 3 is 1.71 bits per heavy atom. The Labute approximate surface area is 501 Å². The number of amides is 2. The summed E-state index contributed by atoms with van der Waals surface area (Å²) in [6.07, 6.45) is 31.0. The molecule has 2 unspecified atom stereocenters. The molecule has 25 nitrogen and oxygen atoms in total. The van der Waals surface area contributed by atoms with Gasteiger partial charge in [-0.3, -0.25) is 28.1 Å². The second-order valence-corrected chi connectivity index (χ2v) is 28.0. The SMILES string of the molecule is CCCCCCCCCCCCCCCCCCCCCCCCCCCCCCC[C@@H](O)CC(=O)SCCNC(=O)CCNC(=O)[C@H](O)C(C)(C)COP(=O)([O-])OP(=O)([O-])OC[C@H]1O[C@@H](n2cnc3c(N)ncnc32)[C@H](O)[C@@H]1OP(=O)([O-])[O-]. The number of carbonyl (C=O) groups is 3. The Hall–Kier alpha value is -2.48. The van der Waals surface area contributed by atoms with E-state index in [1.54, 1.807) is 0 Å². The van der Waals surface area contributed by atoms with Gasteiger partial charge in [-0.25, -0.2) is 19.3 Å². The smallest absolute Gasteiger partial charge is 0.274 e. The first-order chi connectivity index (χ1) is 39.9. The van der Waals surface area contributed by atoms with E-state index in [4.69, 9.17) is 10.5 Å². The molecule has 1 fully saturated rings. The lowest BCUT2D eigenvalue weighted by Gasteiger charge is -2.36. The lowest BCUT2D eigenvalue weighted by molar-refractivity contribution is -0.347. The fourth-order valence-corrected chi connectivity index (χ4v) is 13.3. The lowest BCUT2D eigenvalue weighted by Crippen LogP contribution is -2.46. The van der Waals surface area contributed by atoms with Gasteiger partial charge in [-0.15, -0.1) is 0 Å². The van der Waals surface area contributed by atoms with Crippen LogP contribution < -0.4 is 35.9 Å². The number of hydrogen-bond donors (Lipinski definition) is 6. The number of carbonyl (C=O) groups excluding carboxylic acids is 3. The molecule has 0 aliphatic carbocycles. The van der Waals surface area contributed by atoms with Crippen LogP contribution in [-0.2, 0) is 50.7 Å². The first-order valence-electron chi connectivity index (χ1n) is 30.6. The monoisotopic (exact) mass is 1270 g/mol. The first-order valence-corrected chi connectivity index (χ1v) is 36.0. The Morgan fingerprint density at radius 2 is 1.21 bits per heavy atom. The average molecular weight is 1270 g/mol. The van der Waals surface area contributed by atoms with E-state index in [1.165, 1.54) is 181 Å². The number of aromatic nitrogens is 4. The van der Waals surface area contributed by atoms with E-state index in [-0.39, 0.29) is 53.8 Å². The van der Waals surface area contributed by atoms with Crippen LogP contribution in [0.2, 0.25) is 0 Å². The summed E-state index contributed by atoms with van der Waals surface area (Å²) < 4.78 is 61.0. The van der Waals surface area contributed by atoms with Crippen LogP contribution in [-0.4, -0.2) is 114 Å². The van der Waals surface area contributed by atoms with Crippen LogP contribution in [0.1, 0.15) is 232 Å².